The number of nitrogens with zero attached hydrogens (tertiary/aromatic N) is 4. The summed E-state index contributed by atoms with van der Waals surface area (Å²) >= 11 is 0. The summed E-state index contributed by atoms with van der Waals surface area (Å²) in [5.74, 6) is -4.24. The molecule has 17 heteroatoms. The molecule has 2 aromatic rings. The number of benzene rings is 1. The van der Waals surface area contributed by atoms with Crippen LogP contribution >= 0.6 is 0 Å². The Kier molecular flexibility index (Phi) is 6.89. The standard InChI is InChI=1S/C28H32F3N9O5/c1-25(2)7-9-45-19-14(4-3-5-15(19)25)21(41)37-18-12-40-24(33)36-17(20-26(40,27(18,43)44)39-23(32)38-20)11-35-22(42)16-10-13(6-8-34-16)28(29,30)31/h3-6,8,10,17-18,20,43-44H,7,9,11-12H2,1-2H3,(H2,33,36)(H,35,42)(H,37,41)(H3,32,38,39)/t17-,18?,20?,26?/m0/s1. The summed E-state index contributed by atoms with van der Waals surface area (Å²) in [6.45, 7) is 3.96. The molecule has 1 aromatic heterocycles. The van der Waals surface area contributed by atoms with Crippen LogP contribution in [0, 0.1) is 0 Å². The van der Waals surface area contributed by atoms with Gasteiger partial charge in [0.1, 0.15) is 23.5 Å². The number of fused-ring (bicyclic) bond motifs is 1. The largest absolute Gasteiger partial charge is 0.492 e. The van der Waals surface area contributed by atoms with Gasteiger partial charge in [-0.3, -0.25) is 14.6 Å². The van der Waals surface area contributed by atoms with Gasteiger partial charge in [-0.25, -0.2) is 9.98 Å². The van der Waals surface area contributed by atoms with E-state index < -0.39 is 58.8 Å². The fraction of sp³-hybridized carbons (Fsp3) is 0.464. The summed E-state index contributed by atoms with van der Waals surface area (Å²) in [5, 5.41) is 31.4. The summed E-state index contributed by atoms with van der Waals surface area (Å²) in [5.41, 5.74) is 9.66. The molecule has 0 bridgehead atoms. The molecule has 2 amide bonds. The lowest BCUT2D eigenvalue weighted by Crippen LogP contribution is -2.78. The lowest BCUT2D eigenvalue weighted by atomic mass is 9.79. The molecule has 4 aliphatic heterocycles. The Hall–Kier alpha value is -4.64. The van der Waals surface area contributed by atoms with Crippen molar-refractivity contribution in [1.82, 2.24) is 25.8 Å². The number of aliphatic imine (C=N–C) groups is 2. The lowest BCUT2D eigenvalue weighted by molar-refractivity contribution is -0.230. The third-order valence-corrected chi connectivity index (χ3v) is 8.86. The van der Waals surface area contributed by atoms with Gasteiger partial charge in [-0.05, 0) is 30.0 Å². The number of halogens is 3. The van der Waals surface area contributed by atoms with Crippen LogP contribution in [0.4, 0.5) is 13.2 Å². The third kappa shape index (κ3) is 4.77. The monoisotopic (exact) mass is 631 g/mol. The number of carbonyl (C=O) groups excluding carboxylic acids is 2. The average Bonchev–Trinajstić information content (AvgIpc) is 3.44. The van der Waals surface area contributed by atoms with Crippen LogP contribution in [0.3, 0.4) is 0 Å². The fourth-order valence-electron chi connectivity index (χ4n) is 6.45. The first-order valence-electron chi connectivity index (χ1n) is 14.1. The van der Waals surface area contributed by atoms with Crippen LogP contribution in [0.15, 0.2) is 46.5 Å². The zero-order chi connectivity index (χ0) is 32.5. The number of alkyl halides is 3. The molecule has 14 nitrogen and oxygen atoms in total. The number of para-hydroxylation sites is 1. The van der Waals surface area contributed by atoms with Crippen molar-refractivity contribution in [3.8, 4) is 5.75 Å². The Labute approximate surface area is 254 Å². The second-order valence-corrected chi connectivity index (χ2v) is 12.1. The number of ether oxygens (including phenoxy) is 1. The molecule has 9 N–H and O–H groups in total. The minimum Gasteiger partial charge on any atom is -0.492 e. The molecule has 3 unspecified atom stereocenters. The fourth-order valence-corrected chi connectivity index (χ4v) is 6.45. The Morgan fingerprint density at radius 2 is 1.93 bits per heavy atom. The van der Waals surface area contributed by atoms with E-state index in [1.165, 1.54) is 4.90 Å². The van der Waals surface area contributed by atoms with Crippen LogP contribution in [0.25, 0.3) is 0 Å². The zero-order valence-corrected chi connectivity index (χ0v) is 24.2. The minimum absolute atomic E-state index is 0.175. The van der Waals surface area contributed by atoms with Crippen molar-refractivity contribution in [2.24, 2.45) is 21.5 Å². The van der Waals surface area contributed by atoms with Gasteiger partial charge in [-0.2, -0.15) is 13.2 Å². The molecule has 0 radical (unpaired) electrons. The van der Waals surface area contributed by atoms with Crippen LogP contribution in [0.2, 0.25) is 0 Å². The average molecular weight is 632 g/mol. The highest BCUT2D eigenvalue weighted by Gasteiger charge is 2.73. The molecular weight excluding hydrogens is 599 g/mol. The number of pyridine rings is 1. The normalized spacial score (nSPS) is 27.5. The Bertz CT molecular complexity index is 1630. The predicted molar refractivity (Wildman–Crippen MR) is 153 cm³/mol. The number of nitrogens with two attached hydrogens (primary N) is 2. The van der Waals surface area contributed by atoms with Gasteiger partial charge in [0, 0.05) is 24.8 Å². The quantitative estimate of drug-likeness (QED) is 0.208. The highest BCUT2D eigenvalue weighted by Crippen LogP contribution is 2.45. The molecule has 4 aliphatic rings. The first-order valence-corrected chi connectivity index (χ1v) is 14.1. The SMILES string of the molecule is CC1(C)CCOc2c(C(=O)NC3CN4C(N)=N[C@@H](CNC(=O)c5cc(C(F)(F)F)ccn5)C5N=C(N)NC54C3(O)O)cccc21. The number of aliphatic hydroxyl groups is 2. The second-order valence-electron chi connectivity index (χ2n) is 12.1. The molecule has 5 heterocycles. The van der Waals surface area contributed by atoms with Crippen molar-refractivity contribution < 1.29 is 37.7 Å². The number of nitrogens with one attached hydrogen (secondary N) is 3. The Morgan fingerprint density at radius 1 is 1.18 bits per heavy atom. The van der Waals surface area contributed by atoms with Crippen molar-refractivity contribution in [2.75, 3.05) is 19.7 Å². The van der Waals surface area contributed by atoms with Crippen LogP contribution < -0.4 is 32.2 Å². The van der Waals surface area contributed by atoms with Crippen molar-refractivity contribution >= 4 is 23.7 Å². The van der Waals surface area contributed by atoms with E-state index >= 15 is 0 Å². The van der Waals surface area contributed by atoms with Crippen LogP contribution in [-0.2, 0) is 11.6 Å². The molecule has 0 saturated carbocycles. The molecule has 1 fully saturated rings. The third-order valence-electron chi connectivity index (χ3n) is 8.86. The summed E-state index contributed by atoms with van der Waals surface area (Å²) in [4.78, 5) is 40.1. The molecule has 6 rings (SSSR count). The minimum atomic E-state index is -4.68. The molecule has 1 spiro atoms. The second kappa shape index (κ2) is 10.2. The van der Waals surface area contributed by atoms with Crippen molar-refractivity contribution in [1.29, 1.82) is 0 Å². The molecular formula is C28H32F3N9O5. The summed E-state index contributed by atoms with van der Waals surface area (Å²) < 4.78 is 45.3. The highest BCUT2D eigenvalue weighted by atomic mass is 19.4. The number of carbonyl (C=O) groups is 2. The van der Waals surface area contributed by atoms with E-state index in [1.54, 1.807) is 12.1 Å². The van der Waals surface area contributed by atoms with Gasteiger partial charge in [0.2, 0.25) is 5.79 Å². The number of aromatic nitrogens is 1. The zero-order valence-electron chi connectivity index (χ0n) is 24.2. The summed E-state index contributed by atoms with van der Waals surface area (Å²) in [6.07, 6.45) is -3.06. The first kappa shape index (κ1) is 30.4. The van der Waals surface area contributed by atoms with E-state index in [9.17, 15) is 33.0 Å². The smallest absolute Gasteiger partial charge is 0.416 e. The predicted octanol–water partition coefficient (Wildman–Crippen LogP) is -0.635. The maximum absolute atomic E-state index is 13.6. The van der Waals surface area contributed by atoms with Gasteiger partial charge in [-0.15, -0.1) is 0 Å². The number of rotatable bonds is 5. The van der Waals surface area contributed by atoms with Gasteiger partial charge in [0.15, 0.2) is 17.6 Å². The maximum Gasteiger partial charge on any atom is 0.416 e. The van der Waals surface area contributed by atoms with Gasteiger partial charge in [0.05, 0.1) is 23.8 Å². The van der Waals surface area contributed by atoms with Crippen molar-refractivity contribution in [3.05, 3.63) is 58.9 Å². The van der Waals surface area contributed by atoms with E-state index in [-0.39, 0.29) is 36.0 Å². The van der Waals surface area contributed by atoms with E-state index in [1.807, 2.05) is 19.9 Å². The van der Waals surface area contributed by atoms with Crippen LogP contribution in [0.1, 0.15) is 52.2 Å². The summed E-state index contributed by atoms with van der Waals surface area (Å²) in [7, 11) is 0. The van der Waals surface area contributed by atoms with Crippen LogP contribution in [-0.4, -0.2) is 93.1 Å². The van der Waals surface area contributed by atoms with Gasteiger partial charge >= 0.3 is 6.18 Å². The Morgan fingerprint density at radius 3 is 2.67 bits per heavy atom. The lowest BCUT2D eigenvalue weighted by Gasteiger charge is -2.49. The molecule has 4 atom stereocenters. The van der Waals surface area contributed by atoms with E-state index in [0.29, 0.717) is 18.4 Å². The number of hydrogen-bond donors (Lipinski definition) is 7. The van der Waals surface area contributed by atoms with E-state index in [2.05, 4.69) is 30.9 Å². The maximum atomic E-state index is 13.6. The van der Waals surface area contributed by atoms with Gasteiger partial charge < -0.3 is 47.3 Å². The van der Waals surface area contributed by atoms with Crippen molar-refractivity contribution in [3.63, 3.8) is 0 Å². The van der Waals surface area contributed by atoms with Crippen molar-refractivity contribution in [2.45, 2.75) is 61.4 Å². The molecule has 240 valence electrons. The van der Waals surface area contributed by atoms with Gasteiger partial charge in [-0.1, -0.05) is 26.0 Å². The number of hydrogen-bond acceptors (Lipinski definition) is 12. The van der Waals surface area contributed by atoms with Crippen LogP contribution in [0.5, 0.6) is 5.75 Å². The molecule has 1 saturated heterocycles. The number of amides is 2. The molecule has 1 aromatic carbocycles. The number of guanidine groups is 2. The summed E-state index contributed by atoms with van der Waals surface area (Å²) in [6, 6.07) is 2.99. The molecule has 45 heavy (non-hydrogen) atoms. The van der Waals surface area contributed by atoms with E-state index in [4.69, 9.17) is 16.2 Å². The highest BCUT2D eigenvalue weighted by molar-refractivity contribution is 5.98. The van der Waals surface area contributed by atoms with Gasteiger partial charge in [0.25, 0.3) is 11.8 Å². The Balaban J connectivity index is 1.24. The molecule has 0 aliphatic carbocycles. The topological polar surface area (TPSA) is 213 Å². The first-order chi connectivity index (χ1) is 21.1. The van der Waals surface area contributed by atoms with E-state index in [0.717, 1.165) is 24.2 Å².